The molecule has 2 aromatic carbocycles. The highest BCUT2D eigenvalue weighted by Gasteiger charge is 2.20. The van der Waals surface area contributed by atoms with Crippen LogP contribution in [0.25, 0.3) is 0 Å². The average molecular weight is 398 g/mol. The first-order valence-corrected chi connectivity index (χ1v) is 10.2. The van der Waals surface area contributed by atoms with Crippen LogP contribution in [0.2, 0.25) is 0 Å². The lowest BCUT2D eigenvalue weighted by atomic mass is 9.86. The van der Waals surface area contributed by atoms with Gasteiger partial charge in [0, 0.05) is 0 Å². The second-order valence-electron chi connectivity index (χ2n) is 8.93. The van der Waals surface area contributed by atoms with Gasteiger partial charge in [0.15, 0.2) is 6.61 Å². The van der Waals surface area contributed by atoms with Gasteiger partial charge in [-0.2, -0.15) is 0 Å². The summed E-state index contributed by atoms with van der Waals surface area (Å²) in [5.41, 5.74) is 4.38. The molecule has 29 heavy (non-hydrogen) atoms. The number of aryl methyl sites for hydroxylation is 1. The Labute approximate surface area is 175 Å². The van der Waals surface area contributed by atoms with E-state index in [9.17, 15) is 4.79 Å². The summed E-state index contributed by atoms with van der Waals surface area (Å²) in [6.07, 6.45) is 0. The minimum atomic E-state index is -0.137. The molecule has 1 N–H and O–H groups in total. The molecule has 2 rings (SSSR count). The number of rotatable bonds is 7. The van der Waals surface area contributed by atoms with Crippen molar-refractivity contribution in [3.8, 4) is 11.5 Å². The summed E-state index contributed by atoms with van der Waals surface area (Å²) in [4.78, 5) is 12.6. The van der Waals surface area contributed by atoms with Gasteiger partial charge in [-0.15, -0.1) is 0 Å². The van der Waals surface area contributed by atoms with Crippen LogP contribution in [0, 0.1) is 6.92 Å². The van der Waals surface area contributed by atoms with Gasteiger partial charge in [-0.1, -0.05) is 52.8 Å². The molecule has 0 spiro atoms. The zero-order chi connectivity index (χ0) is 21.8. The molecule has 158 valence electrons. The summed E-state index contributed by atoms with van der Waals surface area (Å²) in [6, 6.07) is 12.0. The van der Waals surface area contributed by atoms with E-state index < -0.39 is 0 Å². The molecule has 4 heteroatoms. The number of carbonyl (C=O) groups excluding carboxylic acids is 1. The van der Waals surface area contributed by atoms with Crippen LogP contribution in [0.15, 0.2) is 36.4 Å². The van der Waals surface area contributed by atoms with Gasteiger partial charge in [-0.25, -0.2) is 0 Å². The Morgan fingerprint density at radius 1 is 1.03 bits per heavy atom. The molecule has 0 unspecified atom stereocenters. The molecule has 0 bridgehead atoms. The molecular formula is C25H35NO3. The first-order chi connectivity index (χ1) is 13.5. The number of hydrogen-bond donors (Lipinski definition) is 1. The third-order valence-corrected chi connectivity index (χ3v) is 5.14. The molecule has 0 aliphatic carbocycles. The highest BCUT2D eigenvalue weighted by molar-refractivity contribution is 5.78. The number of hydrogen-bond acceptors (Lipinski definition) is 3. The first kappa shape index (κ1) is 22.8. The highest BCUT2D eigenvalue weighted by Crippen LogP contribution is 2.32. The molecule has 0 fully saturated rings. The van der Waals surface area contributed by atoms with Crippen LogP contribution in [0.3, 0.4) is 0 Å². The lowest BCUT2D eigenvalue weighted by Gasteiger charge is -2.23. The second-order valence-corrected chi connectivity index (χ2v) is 8.93. The van der Waals surface area contributed by atoms with Crippen molar-refractivity contribution in [1.82, 2.24) is 5.32 Å². The van der Waals surface area contributed by atoms with Crippen LogP contribution in [0.4, 0.5) is 0 Å². The fourth-order valence-electron chi connectivity index (χ4n) is 3.53. The Morgan fingerprint density at radius 3 is 2.28 bits per heavy atom. The van der Waals surface area contributed by atoms with Gasteiger partial charge in [0.1, 0.15) is 11.5 Å². The Balaban J connectivity index is 2.10. The van der Waals surface area contributed by atoms with Crippen LogP contribution >= 0.6 is 0 Å². The van der Waals surface area contributed by atoms with Crippen LogP contribution in [-0.4, -0.2) is 19.6 Å². The topological polar surface area (TPSA) is 47.6 Å². The summed E-state index contributed by atoms with van der Waals surface area (Å²) in [6.45, 7) is 14.7. The van der Waals surface area contributed by atoms with E-state index in [1.54, 1.807) is 7.11 Å². The number of para-hydroxylation sites is 1. The van der Waals surface area contributed by atoms with Crippen LogP contribution in [0.1, 0.15) is 75.8 Å². The molecule has 0 saturated heterocycles. The number of ether oxygens (including phenoxy) is 2. The van der Waals surface area contributed by atoms with Crippen LogP contribution in [0.5, 0.6) is 11.5 Å². The smallest absolute Gasteiger partial charge is 0.258 e. The van der Waals surface area contributed by atoms with Crippen molar-refractivity contribution in [3.63, 3.8) is 0 Å². The SMILES string of the molecule is COc1cc(C)c([C@@H](C)NC(=O)COc2ccccc2C(C)(C)C)cc1C(C)C. The van der Waals surface area contributed by atoms with Crippen molar-refractivity contribution in [2.45, 2.75) is 65.8 Å². The highest BCUT2D eigenvalue weighted by atomic mass is 16.5. The Morgan fingerprint density at radius 2 is 1.69 bits per heavy atom. The molecule has 1 atom stereocenters. The van der Waals surface area contributed by atoms with E-state index in [1.807, 2.05) is 44.2 Å². The summed E-state index contributed by atoms with van der Waals surface area (Å²) >= 11 is 0. The van der Waals surface area contributed by atoms with Crippen molar-refractivity contribution < 1.29 is 14.3 Å². The summed E-state index contributed by atoms with van der Waals surface area (Å²) in [5, 5.41) is 3.06. The largest absolute Gasteiger partial charge is 0.496 e. The number of methoxy groups -OCH3 is 1. The molecule has 0 aliphatic heterocycles. The van der Waals surface area contributed by atoms with Gasteiger partial charge in [0.25, 0.3) is 5.91 Å². The van der Waals surface area contributed by atoms with Gasteiger partial charge in [-0.05, 0) is 65.6 Å². The van der Waals surface area contributed by atoms with E-state index in [0.717, 1.165) is 33.8 Å². The van der Waals surface area contributed by atoms with E-state index >= 15 is 0 Å². The van der Waals surface area contributed by atoms with Crippen molar-refractivity contribution in [2.75, 3.05) is 13.7 Å². The molecule has 0 aromatic heterocycles. The summed E-state index contributed by atoms with van der Waals surface area (Å²) in [5.74, 6) is 1.85. The fraction of sp³-hybridized carbons (Fsp3) is 0.480. The third-order valence-electron chi connectivity index (χ3n) is 5.14. The Hall–Kier alpha value is -2.49. The lowest BCUT2D eigenvalue weighted by Crippen LogP contribution is -2.32. The van der Waals surface area contributed by atoms with Crippen molar-refractivity contribution in [2.24, 2.45) is 0 Å². The Bertz CT molecular complexity index is 850. The molecular weight excluding hydrogens is 362 g/mol. The number of carbonyl (C=O) groups is 1. The molecule has 0 heterocycles. The molecule has 0 saturated carbocycles. The molecule has 2 aromatic rings. The number of nitrogens with one attached hydrogen (secondary N) is 1. The van der Waals surface area contributed by atoms with E-state index in [2.05, 4.69) is 46.0 Å². The predicted octanol–water partition coefficient (Wildman–Crippen LogP) is 5.68. The van der Waals surface area contributed by atoms with E-state index in [1.165, 1.54) is 0 Å². The third kappa shape index (κ3) is 5.75. The van der Waals surface area contributed by atoms with Gasteiger partial charge in [0.2, 0.25) is 0 Å². The Kier molecular flexibility index (Phi) is 7.34. The first-order valence-electron chi connectivity index (χ1n) is 10.2. The second kappa shape index (κ2) is 9.34. The maximum Gasteiger partial charge on any atom is 0.258 e. The summed E-state index contributed by atoms with van der Waals surface area (Å²) in [7, 11) is 1.69. The maximum atomic E-state index is 12.6. The van der Waals surface area contributed by atoms with Crippen molar-refractivity contribution in [1.29, 1.82) is 0 Å². The number of amides is 1. The molecule has 0 radical (unpaired) electrons. The fourth-order valence-corrected chi connectivity index (χ4v) is 3.53. The van der Waals surface area contributed by atoms with E-state index in [-0.39, 0.29) is 24.0 Å². The van der Waals surface area contributed by atoms with E-state index in [4.69, 9.17) is 9.47 Å². The maximum absolute atomic E-state index is 12.6. The van der Waals surface area contributed by atoms with Gasteiger partial charge in [-0.3, -0.25) is 4.79 Å². The normalized spacial score (nSPS) is 12.6. The molecule has 1 amide bonds. The minimum Gasteiger partial charge on any atom is -0.496 e. The van der Waals surface area contributed by atoms with Crippen molar-refractivity contribution >= 4 is 5.91 Å². The van der Waals surface area contributed by atoms with Gasteiger partial charge < -0.3 is 14.8 Å². The molecule has 0 aliphatic rings. The molecule has 4 nitrogen and oxygen atoms in total. The van der Waals surface area contributed by atoms with Crippen LogP contribution in [-0.2, 0) is 10.2 Å². The zero-order valence-corrected chi connectivity index (χ0v) is 19.1. The van der Waals surface area contributed by atoms with Crippen molar-refractivity contribution in [3.05, 3.63) is 58.7 Å². The predicted molar refractivity (Wildman–Crippen MR) is 119 cm³/mol. The van der Waals surface area contributed by atoms with Crippen LogP contribution < -0.4 is 14.8 Å². The minimum absolute atomic E-state index is 0.0102. The standard InChI is InChI=1S/C25H35NO3/c1-16(2)19-14-20(17(3)13-23(19)28-8)18(4)26-24(27)15-29-22-12-10-9-11-21(22)25(5,6)7/h9-14,16,18H,15H2,1-8H3,(H,26,27)/t18-/m1/s1. The lowest BCUT2D eigenvalue weighted by molar-refractivity contribution is -0.123. The van der Waals surface area contributed by atoms with Gasteiger partial charge >= 0.3 is 0 Å². The summed E-state index contributed by atoms with van der Waals surface area (Å²) < 4.78 is 11.4. The monoisotopic (exact) mass is 397 g/mol. The van der Waals surface area contributed by atoms with Gasteiger partial charge in [0.05, 0.1) is 13.2 Å². The number of benzene rings is 2. The zero-order valence-electron chi connectivity index (χ0n) is 19.1. The quantitative estimate of drug-likeness (QED) is 0.654. The average Bonchev–Trinajstić information content (AvgIpc) is 2.65. The van der Waals surface area contributed by atoms with E-state index in [0.29, 0.717) is 5.92 Å².